The SMILES string of the molecule is Cn1cnc2c(c1=O)CCN(C(=O)NC1CCCCC1(C)C)C2. The number of nitrogens with one attached hydrogen (secondary N) is 1. The second kappa shape index (κ2) is 5.98. The first kappa shape index (κ1) is 16.0. The highest BCUT2D eigenvalue weighted by atomic mass is 16.2. The molecule has 1 aromatic heterocycles. The van der Waals surface area contributed by atoms with E-state index in [2.05, 4.69) is 24.1 Å². The van der Waals surface area contributed by atoms with Crippen LogP contribution >= 0.6 is 0 Å². The lowest BCUT2D eigenvalue weighted by Crippen LogP contribution is -2.52. The lowest BCUT2D eigenvalue weighted by molar-refractivity contribution is 0.144. The smallest absolute Gasteiger partial charge is 0.317 e. The number of hydrogen-bond acceptors (Lipinski definition) is 3. The summed E-state index contributed by atoms with van der Waals surface area (Å²) in [7, 11) is 1.71. The number of aryl methyl sites for hydroxylation is 1. The molecule has 1 unspecified atom stereocenters. The topological polar surface area (TPSA) is 67.2 Å². The van der Waals surface area contributed by atoms with Crippen LogP contribution < -0.4 is 10.9 Å². The Balaban J connectivity index is 1.70. The van der Waals surface area contributed by atoms with Gasteiger partial charge in [0.2, 0.25) is 0 Å². The summed E-state index contributed by atoms with van der Waals surface area (Å²) in [5, 5.41) is 3.21. The van der Waals surface area contributed by atoms with E-state index in [0.29, 0.717) is 19.5 Å². The molecule has 1 aromatic rings. The fourth-order valence-corrected chi connectivity index (χ4v) is 3.69. The highest BCUT2D eigenvalue weighted by Gasteiger charge is 2.34. The number of carbonyl (C=O) groups is 1. The predicted octanol–water partition coefficient (Wildman–Crippen LogP) is 1.82. The van der Waals surface area contributed by atoms with Gasteiger partial charge < -0.3 is 14.8 Å². The number of rotatable bonds is 1. The number of hydrogen-bond donors (Lipinski definition) is 1. The quantitative estimate of drug-likeness (QED) is 0.859. The minimum Gasteiger partial charge on any atom is -0.335 e. The Morgan fingerprint density at radius 2 is 2.17 bits per heavy atom. The molecule has 0 aromatic carbocycles. The van der Waals surface area contributed by atoms with Gasteiger partial charge in [-0.15, -0.1) is 0 Å². The summed E-state index contributed by atoms with van der Waals surface area (Å²) in [6.45, 7) is 5.46. The van der Waals surface area contributed by atoms with Gasteiger partial charge in [0, 0.05) is 25.2 Å². The second-order valence-corrected chi connectivity index (χ2v) is 7.49. The Kier molecular flexibility index (Phi) is 4.17. The average Bonchev–Trinajstić information content (AvgIpc) is 2.52. The van der Waals surface area contributed by atoms with Crippen LogP contribution in [0.15, 0.2) is 11.1 Å². The number of fused-ring (bicyclic) bond motifs is 1. The molecule has 0 radical (unpaired) electrons. The molecule has 1 fully saturated rings. The van der Waals surface area contributed by atoms with Crippen LogP contribution in [-0.4, -0.2) is 33.1 Å². The van der Waals surface area contributed by atoms with Gasteiger partial charge in [-0.2, -0.15) is 0 Å². The minimum absolute atomic E-state index is 0.00321. The zero-order chi connectivity index (χ0) is 16.6. The molecule has 23 heavy (non-hydrogen) atoms. The number of amides is 2. The zero-order valence-electron chi connectivity index (χ0n) is 14.3. The van der Waals surface area contributed by atoms with Crippen LogP contribution in [0.5, 0.6) is 0 Å². The van der Waals surface area contributed by atoms with Crippen molar-refractivity contribution < 1.29 is 4.79 Å². The molecule has 1 aliphatic carbocycles. The third-order valence-electron chi connectivity index (χ3n) is 5.38. The molecule has 6 nitrogen and oxygen atoms in total. The maximum absolute atomic E-state index is 12.6. The maximum atomic E-state index is 12.6. The standard InChI is InChI=1S/C17H26N4O2/c1-17(2)8-5-4-6-14(17)19-16(23)21-9-7-12-13(10-21)18-11-20(3)15(12)22/h11,14H,4-10H2,1-3H3,(H,19,23). The average molecular weight is 318 g/mol. The molecule has 126 valence electrons. The van der Waals surface area contributed by atoms with E-state index in [9.17, 15) is 9.59 Å². The van der Waals surface area contributed by atoms with Crippen LogP contribution in [0.3, 0.4) is 0 Å². The molecule has 1 aliphatic heterocycles. The first-order chi connectivity index (χ1) is 10.9. The number of urea groups is 1. The van der Waals surface area contributed by atoms with E-state index < -0.39 is 0 Å². The van der Waals surface area contributed by atoms with E-state index in [1.54, 1.807) is 11.9 Å². The summed E-state index contributed by atoms with van der Waals surface area (Å²) >= 11 is 0. The van der Waals surface area contributed by atoms with Gasteiger partial charge in [0.15, 0.2) is 0 Å². The van der Waals surface area contributed by atoms with Crippen molar-refractivity contribution in [3.63, 3.8) is 0 Å². The molecular weight excluding hydrogens is 292 g/mol. The first-order valence-corrected chi connectivity index (χ1v) is 8.47. The molecule has 1 atom stereocenters. The van der Waals surface area contributed by atoms with Gasteiger partial charge >= 0.3 is 6.03 Å². The Bertz CT molecular complexity index is 665. The Morgan fingerprint density at radius 1 is 1.39 bits per heavy atom. The lowest BCUT2D eigenvalue weighted by atomic mass is 9.73. The van der Waals surface area contributed by atoms with Crippen molar-refractivity contribution in [3.8, 4) is 0 Å². The highest BCUT2D eigenvalue weighted by Crippen LogP contribution is 2.35. The molecule has 0 bridgehead atoms. The fourth-order valence-electron chi connectivity index (χ4n) is 3.69. The van der Waals surface area contributed by atoms with E-state index in [4.69, 9.17) is 0 Å². The van der Waals surface area contributed by atoms with Gasteiger partial charge in [0.25, 0.3) is 5.56 Å². The molecule has 6 heteroatoms. The molecule has 2 heterocycles. The monoisotopic (exact) mass is 318 g/mol. The Hall–Kier alpha value is -1.85. The van der Waals surface area contributed by atoms with Crippen LogP contribution in [0.4, 0.5) is 4.79 Å². The summed E-state index contributed by atoms with van der Waals surface area (Å²) < 4.78 is 1.50. The van der Waals surface area contributed by atoms with Gasteiger partial charge in [-0.1, -0.05) is 26.7 Å². The molecule has 0 saturated heterocycles. The van der Waals surface area contributed by atoms with Crippen LogP contribution in [0.1, 0.15) is 50.8 Å². The summed E-state index contributed by atoms with van der Waals surface area (Å²) in [5.74, 6) is 0. The normalized spacial score (nSPS) is 23.3. The number of nitrogens with zero attached hydrogens (tertiary/aromatic N) is 3. The third-order valence-corrected chi connectivity index (χ3v) is 5.38. The van der Waals surface area contributed by atoms with Gasteiger partial charge in [-0.25, -0.2) is 9.78 Å². The summed E-state index contributed by atoms with van der Waals surface area (Å²) in [4.78, 5) is 30.8. The molecule has 1 N–H and O–H groups in total. The molecule has 2 aliphatic rings. The van der Waals surface area contributed by atoms with Crippen molar-refractivity contribution in [1.29, 1.82) is 0 Å². The molecule has 3 rings (SSSR count). The molecule has 2 amide bonds. The predicted molar refractivity (Wildman–Crippen MR) is 88.2 cm³/mol. The molecule has 0 spiro atoms. The van der Waals surface area contributed by atoms with Gasteiger partial charge in [-0.05, 0) is 24.7 Å². The molecular formula is C17H26N4O2. The largest absolute Gasteiger partial charge is 0.335 e. The van der Waals surface area contributed by atoms with E-state index >= 15 is 0 Å². The van der Waals surface area contributed by atoms with Gasteiger partial charge in [-0.3, -0.25) is 4.79 Å². The minimum atomic E-state index is -0.0295. The first-order valence-electron chi connectivity index (χ1n) is 8.47. The Morgan fingerprint density at radius 3 is 2.91 bits per heavy atom. The van der Waals surface area contributed by atoms with Crippen molar-refractivity contribution in [2.75, 3.05) is 6.54 Å². The van der Waals surface area contributed by atoms with Crippen molar-refractivity contribution in [2.24, 2.45) is 12.5 Å². The number of aromatic nitrogens is 2. The summed E-state index contributed by atoms with van der Waals surface area (Å²) in [6.07, 6.45) is 6.73. The van der Waals surface area contributed by atoms with Gasteiger partial charge in [0.05, 0.1) is 18.6 Å². The zero-order valence-corrected chi connectivity index (χ0v) is 14.3. The van der Waals surface area contributed by atoms with Crippen LogP contribution in [0, 0.1) is 5.41 Å². The lowest BCUT2D eigenvalue weighted by Gasteiger charge is -2.40. The third kappa shape index (κ3) is 3.12. The summed E-state index contributed by atoms with van der Waals surface area (Å²) in [5.41, 5.74) is 1.63. The Labute approximate surface area is 136 Å². The van der Waals surface area contributed by atoms with Crippen LogP contribution in [0.25, 0.3) is 0 Å². The highest BCUT2D eigenvalue weighted by molar-refractivity contribution is 5.75. The van der Waals surface area contributed by atoms with E-state index in [0.717, 1.165) is 24.1 Å². The summed E-state index contributed by atoms with van der Waals surface area (Å²) in [6, 6.07) is 0.194. The van der Waals surface area contributed by atoms with Crippen molar-refractivity contribution >= 4 is 6.03 Å². The maximum Gasteiger partial charge on any atom is 0.317 e. The van der Waals surface area contributed by atoms with Crippen LogP contribution in [0.2, 0.25) is 0 Å². The van der Waals surface area contributed by atoms with Crippen LogP contribution in [-0.2, 0) is 20.0 Å². The second-order valence-electron chi connectivity index (χ2n) is 7.49. The van der Waals surface area contributed by atoms with Crippen molar-refractivity contribution in [2.45, 2.75) is 58.5 Å². The number of carbonyl (C=O) groups excluding carboxylic acids is 1. The van der Waals surface area contributed by atoms with E-state index in [1.165, 1.54) is 23.7 Å². The fraction of sp³-hybridized carbons (Fsp3) is 0.706. The molecule has 1 saturated carbocycles. The van der Waals surface area contributed by atoms with Gasteiger partial charge in [0.1, 0.15) is 0 Å². The van der Waals surface area contributed by atoms with E-state index in [-0.39, 0.29) is 23.0 Å². The van der Waals surface area contributed by atoms with Crippen molar-refractivity contribution in [3.05, 3.63) is 27.9 Å². The van der Waals surface area contributed by atoms with E-state index in [1.807, 2.05) is 0 Å². The van der Waals surface area contributed by atoms with Crippen molar-refractivity contribution in [1.82, 2.24) is 19.8 Å².